The van der Waals surface area contributed by atoms with Gasteiger partial charge in [0.25, 0.3) is 0 Å². The van der Waals surface area contributed by atoms with Crippen LogP contribution in [0.3, 0.4) is 0 Å². The molecule has 1 aliphatic carbocycles. The molecule has 116 valence electrons. The first-order chi connectivity index (χ1) is 10.7. The van der Waals surface area contributed by atoms with E-state index in [1.165, 1.54) is 25.7 Å². The Morgan fingerprint density at radius 2 is 2.23 bits per heavy atom. The van der Waals surface area contributed by atoms with Crippen molar-refractivity contribution in [3.05, 3.63) is 35.8 Å². The van der Waals surface area contributed by atoms with Gasteiger partial charge in [-0.2, -0.15) is 5.10 Å². The van der Waals surface area contributed by atoms with Crippen molar-refractivity contribution < 1.29 is 9.53 Å². The number of nitrogens with zero attached hydrogens (tertiary/aromatic N) is 2. The Hall–Kier alpha value is -2.37. The summed E-state index contributed by atoms with van der Waals surface area (Å²) in [5.74, 6) is 1.70. The predicted molar refractivity (Wildman–Crippen MR) is 82.9 cm³/mol. The van der Waals surface area contributed by atoms with Crippen LogP contribution in [-0.4, -0.2) is 28.2 Å². The summed E-state index contributed by atoms with van der Waals surface area (Å²) in [7, 11) is 1.59. The zero-order chi connectivity index (χ0) is 15.4. The highest BCUT2D eigenvalue weighted by Crippen LogP contribution is 2.33. The maximum atomic E-state index is 12.0. The van der Waals surface area contributed by atoms with Crippen LogP contribution < -0.4 is 10.1 Å². The van der Waals surface area contributed by atoms with Crippen LogP contribution >= 0.6 is 0 Å². The molecule has 1 fully saturated rings. The first-order valence-corrected chi connectivity index (χ1v) is 7.58. The number of hydrogen-bond acceptors (Lipinski definition) is 4. The lowest BCUT2D eigenvalue weighted by Gasteiger charge is -2.04. The zero-order valence-electron chi connectivity index (χ0n) is 12.6. The lowest BCUT2D eigenvalue weighted by molar-refractivity contribution is -0.115. The normalized spacial score (nSPS) is 15.0. The molecule has 2 heterocycles. The summed E-state index contributed by atoms with van der Waals surface area (Å²) < 4.78 is 5.04. The van der Waals surface area contributed by atoms with Gasteiger partial charge in [0.15, 0.2) is 5.82 Å². The van der Waals surface area contributed by atoms with Crippen molar-refractivity contribution in [2.45, 2.75) is 38.0 Å². The van der Waals surface area contributed by atoms with Crippen LogP contribution in [0.5, 0.6) is 5.75 Å². The Morgan fingerprint density at radius 3 is 2.91 bits per heavy atom. The zero-order valence-corrected chi connectivity index (χ0v) is 12.6. The molecule has 22 heavy (non-hydrogen) atoms. The van der Waals surface area contributed by atoms with E-state index in [9.17, 15) is 4.79 Å². The van der Waals surface area contributed by atoms with Gasteiger partial charge in [-0.3, -0.25) is 14.9 Å². The third kappa shape index (κ3) is 3.44. The topological polar surface area (TPSA) is 79.9 Å². The summed E-state index contributed by atoms with van der Waals surface area (Å²) in [6.45, 7) is 0. The third-order valence-electron chi connectivity index (χ3n) is 4.04. The fourth-order valence-electron chi connectivity index (χ4n) is 2.83. The van der Waals surface area contributed by atoms with Gasteiger partial charge in [0, 0.05) is 23.4 Å². The summed E-state index contributed by atoms with van der Waals surface area (Å²) >= 11 is 0. The van der Waals surface area contributed by atoms with Crippen LogP contribution in [0.25, 0.3) is 0 Å². The number of ether oxygens (including phenoxy) is 1. The minimum absolute atomic E-state index is 0.123. The van der Waals surface area contributed by atoms with E-state index in [0.29, 0.717) is 23.2 Å². The second kappa shape index (κ2) is 6.60. The second-order valence-electron chi connectivity index (χ2n) is 5.60. The number of nitrogens with one attached hydrogen (secondary N) is 2. The van der Waals surface area contributed by atoms with Crippen molar-refractivity contribution >= 4 is 11.7 Å². The van der Waals surface area contributed by atoms with Crippen LogP contribution in [0, 0.1) is 0 Å². The molecule has 3 rings (SSSR count). The molecule has 0 aromatic carbocycles. The molecule has 0 unspecified atom stereocenters. The molecule has 6 heteroatoms. The van der Waals surface area contributed by atoms with Crippen molar-refractivity contribution in [2.75, 3.05) is 12.4 Å². The number of carbonyl (C=O) groups excluding carboxylic acids is 1. The molecule has 2 N–H and O–H groups in total. The number of aromatic amines is 1. The van der Waals surface area contributed by atoms with E-state index in [4.69, 9.17) is 4.74 Å². The number of H-pyrrole nitrogens is 1. The van der Waals surface area contributed by atoms with Gasteiger partial charge in [0.05, 0.1) is 19.7 Å². The Balaban J connectivity index is 1.56. The highest BCUT2D eigenvalue weighted by molar-refractivity contribution is 5.91. The number of aromatic nitrogens is 3. The van der Waals surface area contributed by atoms with Crippen LogP contribution in [0.2, 0.25) is 0 Å². The Kier molecular flexibility index (Phi) is 4.37. The molecular weight excluding hydrogens is 280 g/mol. The van der Waals surface area contributed by atoms with Gasteiger partial charge in [0.1, 0.15) is 5.75 Å². The van der Waals surface area contributed by atoms with Gasteiger partial charge in [0.2, 0.25) is 5.91 Å². The molecule has 0 bridgehead atoms. The summed E-state index contributed by atoms with van der Waals surface area (Å²) in [5.41, 5.74) is 1.82. The molecule has 0 atom stereocenters. The number of anilines is 1. The van der Waals surface area contributed by atoms with E-state index in [1.54, 1.807) is 25.4 Å². The summed E-state index contributed by atoms with van der Waals surface area (Å²) in [5, 5.41) is 10.0. The number of rotatable bonds is 5. The van der Waals surface area contributed by atoms with E-state index >= 15 is 0 Å². The van der Waals surface area contributed by atoms with Gasteiger partial charge < -0.3 is 10.1 Å². The first kappa shape index (κ1) is 14.6. The minimum atomic E-state index is -0.123. The number of hydrogen-bond donors (Lipinski definition) is 2. The van der Waals surface area contributed by atoms with E-state index in [2.05, 4.69) is 20.5 Å². The third-order valence-corrected chi connectivity index (χ3v) is 4.04. The van der Waals surface area contributed by atoms with Crippen LogP contribution in [0.4, 0.5) is 5.82 Å². The largest absolute Gasteiger partial charge is 0.495 e. The number of methoxy groups -OCH3 is 1. The molecule has 1 amide bonds. The van der Waals surface area contributed by atoms with Gasteiger partial charge >= 0.3 is 0 Å². The number of amides is 1. The van der Waals surface area contributed by atoms with Crippen LogP contribution in [0.1, 0.15) is 43.0 Å². The quantitative estimate of drug-likeness (QED) is 0.889. The van der Waals surface area contributed by atoms with Gasteiger partial charge in [-0.15, -0.1) is 0 Å². The smallest absolute Gasteiger partial charge is 0.231 e. The molecular formula is C16H20N4O2. The fraction of sp³-hybridized carbons (Fsp3) is 0.438. The molecule has 0 radical (unpaired) electrons. The highest BCUT2D eigenvalue weighted by Gasteiger charge is 2.19. The average molecular weight is 300 g/mol. The van der Waals surface area contributed by atoms with Crippen molar-refractivity contribution in [1.82, 2.24) is 15.2 Å². The van der Waals surface area contributed by atoms with Crippen LogP contribution in [0.15, 0.2) is 24.4 Å². The lowest BCUT2D eigenvalue weighted by Crippen LogP contribution is -2.15. The number of pyridine rings is 1. The predicted octanol–water partition coefficient (Wildman–Crippen LogP) is 2.65. The maximum Gasteiger partial charge on any atom is 0.231 e. The van der Waals surface area contributed by atoms with Crippen LogP contribution in [-0.2, 0) is 11.2 Å². The monoisotopic (exact) mass is 300 g/mol. The summed E-state index contributed by atoms with van der Waals surface area (Å²) in [4.78, 5) is 16.2. The van der Waals surface area contributed by atoms with Gasteiger partial charge in [-0.1, -0.05) is 12.8 Å². The van der Waals surface area contributed by atoms with E-state index in [-0.39, 0.29) is 12.3 Å². The summed E-state index contributed by atoms with van der Waals surface area (Å²) in [6.07, 6.45) is 6.77. The highest BCUT2D eigenvalue weighted by atomic mass is 16.5. The minimum Gasteiger partial charge on any atom is -0.495 e. The molecule has 2 aromatic heterocycles. The molecule has 1 saturated carbocycles. The SMILES string of the molecule is COc1ccc(CC(=O)Nc2cc(C3CCCC3)[nH]n2)nc1. The Bertz CT molecular complexity index is 630. The Labute approximate surface area is 129 Å². The average Bonchev–Trinajstić information content (AvgIpc) is 3.19. The van der Waals surface area contributed by atoms with Gasteiger partial charge in [-0.05, 0) is 25.0 Å². The number of carbonyl (C=O) groups is 1. The van der Waals surface area contributed by atoms with Crippen molar-refractivity contribution in [3.63, 3.8) is 0 Å². The maximum absolute atomic E-state index is 12.0. The van der Waals surface area contributed by atoms with E-state index in [0.717, 1.165) is 5.69 Å². The second-order valence-corrected chi connectivity index (χ2v) is 5.60. The molecule has 6 nitrogen and oxygen atoms in total. The molecule has 1 aliphatic rings. The standard InChI is InChI=1S/C16H20N4O2/c1-22-13-7-6-12(17-10-13)8-16(21)18-15-9-14(19-20-15)11-4-2-3-5-11/h6-7,9-11H,2-5,8H2,1H3,(H2,18,19,20,21). The molecule has 0 saturated heterocycles. The van der Waals surface area contributed by atoms with Crippen molar-refractivity contribution in [1.29, 1.82) is 0 Å². The molecule has 2 aromatic rings. The lowest BCUT2D eigenvalue weighted by atomic mass is 10.0. The Morgan fingerprint density at radius 1 is 1.41 bits per heavy atom. The summed E-state index contributed by atoms with van der Waals surface area (Å²) in [6, 6.07) is 5.52. The van der Waals surface area contributed by atoms with Crippen molar-refractivity contribution in [3.8, 4) is 5.75 Å². The molecule has 0 aliphatic heterocycles. The molecule has 0 spiro atoms. The first-order valence-electron chi connectivity index (χ1n) is 7.58. The van der Waals surface area contributed by atoms with Crippen molar-refractivity contribution in [2.24, 2.45) is 0 Å². The van der Waals surface area contributed by atoms with Gasteiger partial charge in [-0.25, -0.2) is 0 Å². The van der Waals surface area contributed by atoms with E-state index in [1.807, 2.05) is 6.07 Å². The van der Waals surface area contributed by atoms with E-state index < -0.39 is 0 Å². The fourth-order valence-corrected chi connectivity index (χ4v) is 2.83.